The lowest BCUT2D eigenvalue weighted by Gasteiger charge is -2.44. The zero-order valence-electron chi connectivity index (χ0n) is 18.2. The van der Waals surface area contributed by atoms with Gasteiger partial charge in [-0.15, -0.1) is 0 Å². The Bertz CT molecular complexity index is 923. The van der Waals surface area contributed by atoms with E-state index in [9.17, 15) is 9.59 Å². The predicted octanol–water partition coefficient (Wildman–Crippen LogP) is 3.01. The fourth-order valence-corrected chi connectivity index (χ4v) is 4.66. The quantitative estimate of drug-likeness (QED) is 0.710. The Morgan fingerprint density at radius 2 is 1.62 bits per heavy atom. The van der Waals surface area contributed by atoms with Crippen LogP contribution in [-0.4, -0.2) is 55.7 Å². The Morgan fingerprint density at radius 3 is 2.28 bits per heavy atom. The van der Waals surface area contributed by atoms with E-state index in [1.165, 1.54) is 11.6 Å². The minimum Gasteiger partial charge on any atom is -0.368 e. The molecule has 32 heavy (non-hydrogen) atoms. The summed E-state index contributed by atoms with van der Waals surface area (Å²) in [7, 11) is 0. The van der Waals surface area contributed by atoms with Gasteiger partial charge in [0.2, 0.25) is 5.91 Å². The van der Waals surface area contributed by atoms with Gasteiger partial charge in [0.05, 0.1) is 13.2 Å². The van der Waals surface area contributed by atoms with Crippen LogP contribution < -0.4 is 5.32 Å². The van der Waals surface area contributed by atoms with E-state index in [2.05, 4.69) is 24.0 Å². The summed E-state index contributed by atoms with van der Waals surface area (Å²) in [6, 6.07) is 20.0. The molecule has 2 heterocycles. The molecule has 2 aliphatic heterocycles. The van der Waals surface area contributed by atoms with E-state index in [1.54, 1.807) is 0 Å². The summed E-state index contributed by atoms with van der Waals surface area (Å²) in [5, 5.41) is 2.97. The van der Waals surface area contributed by atoms with Gasteiger partial charge in [0.1, 0.15) is 6.10 Å². The summed E-state index contributed by atoms with van der Waals surface area (Å²) in [4.78, 5) is 27.2. The average molecular weight is 435 g/mol. The van der Waals surface area contributed by atoms with Crippen LogP contribution in [0, 0.1) is 0 Å². The molecule has 0 aromatic heterocycles. The van der Waals surface area contributed by atoms with Crippen LogP contribution in [0.1, 0.15) is 30.1 Å². The van der Waals surface area contributed by atoms with E-state index in [4.69, 9.17) is 9.47 Å². The molecule has 4 rings (SSSR count). The maximum Gasteiger partial charge on any atom is 0.254 e. The van der Waals surface area contributed by atoms with Gasteiger partial charge in [-0.05, 0) is 30.0 Å². The largest absolute Gasteiger partial charge is 0.368 e. The SMILES string of the molecule is C=CC(=O)NCC1(c2ccccc2)CCN(C(=O)[C@@H]2OCCO[C@@H]2c2ccccc2)CC1. The van der Waals surface area contributed by atoms with Crippen molar-refractivity contribution >= 4 is 11.8 Å². The van der Waals surface area contributed by atoms with Gasteiger partial charge in [-0.25, -0.2) is 0 Å². The topological polar surface area (TPSA) is 67.9 Å². The minimum atomic E-state index is -0.643. The first kappa shape index (κ1) is 22.2. The standard InChI is InChI=1S/C26H30N2O4/c1-2-22(29)27-19-26(21-11-7-4-8-12-21)13-15-28(16-14-26)25(30)24-23(31-17-18-32-24)20-9-5-3-6-10-20/h2-12,23-24H,1,13-19H2,(H,27,29)/t23-,24-/m1/s1. The first-order chi connectivity index (χ1) is 15.6. The number of hydrogen-bond acceptors (Lipinski definition) is 4. The van der Waals surface area contributed by atoms with Crippen molar-refractivity contribution in [2.75, 3.05) is 32.8 Å². The second-order valence-electron chi connectivity index (χ2n) is 8.39. The summed E-state index contributed by atoms with van der Waals surface area (Å²) < 4.78 is 11.9. The highest BCUT2D eigenvalue weighted by atomic mass is 16.6. The molecule has 2 aromatic rings. The minimum absolute atomic E-state index is 0.0321. The van der Waals surface area contributed by atoms with Crippen LogP contribution in [0.25, 0.3) is 0 Å². The third-order valence-corrected chi connectivity index (χ3v) is 6.53. The monoisotopic (exact) mass is 434 g/mol. The second-order valence-corrected chi connectivity index (χ2v) is 8.39. The van der Waals surface area contributed by atoms with Gasteiger partial charge in [0, 0.05) is 25.0 Å². The smallest absolute Gasteiger partial charge is 0.254 e. The van der Waals surface area contributed by atoms with Crippen molar-refractivity contribution < 1.29 is 19.1 Å². The van der Waals surface area contributed by atoms with Crippen molar-refractivity contribution in [1.82, 2.24) is 10.2 Å². The normalized spacial score (nSPS) is 22.7. The first-order valence-corrected chi connectivity index (χ1v) is 11.2. The number of hydrogen-bond donors (Lipinski definition) is 1. The van der Waals surface area contributed by atoms with Crippen LogP contribution in [0.15, 0.2) is 73.3 Å². The van der Waals surface area contributed by atoms with Crippen molar-refractivity contribution in [1.29, 1.82) is 0 Å². The molecule has 0 aliphatic carbocycles. The summed E-state index contributed by atoms with van der Waals surface area (Å²) in [5.41, 5.74) is 1.91. The number of carbonyl (C=O) groups is 2. The Balaban J connectivity index is 1.48. The summed E-state index contributed by atoms with van der Waals surface area (Å²) in [5.74, 6) is -0.215. The molecular weight excluding hydrogens is 404 g/mol. The van der Waals surface area contributed by atoms with Crippen LogP contribution in [0.4, 0.5) is 0 Å². The Hall–Kier alpha value is -2.96. The van der Waals surface area contributed by atoms with E-state index in [0.29, 0.717) is 32.8 Å². The molecule has 6 heteroatoms. The highest BCUT2D eigenvalue weighted by molar-refractivity contribution is 5.87. The molecule has 0 saturated carbocycles. The third kappa shape index (κ3) is 4.76. The number of benzene rings is 2. The number of likely N-dealkylation sites (tertiary alicyclic amines) is 1. The Morgan fingerprint density at radius 1 is 1.00 bits per heavy atom. The molecule has 0 spiro atoms. The van der Waals surface area contributed by atoms with Crippen LogP contribution in [0.3, 0.4) is 0 Å². The average Bonchev–Trinajstić information content (AvgIpc) is 2.88. The predicted molar refractivity (Wildman–Crippen MR) is 122 cm³/mol. The summed E-state index contributed by atoms with van der Waals surface area (Å²) in [6.07, 6.45) is 1.76. The van der Waals surface area contributed by atoms with E-state index in [-0.39, 0.29) is 17.2 Å². The van der Waals surface area contributed by atoms with Crippen LogP contribution in [-0.2, 0) is 24.5 Å². The molecule has 2 saturated heterocycles. The van der Waals surface area contributed by atoms with Gasteiger partial charge < -0.3 is 19.7 Å². The number of rotatable bonds is 6. The molecule has 2 fully saturated rings. The molecule has 2 aliphatic rings. The van der Waals surface area contributed by atoms with E-state index in [0.717, 1.165) is 18.4 Å². The summed E-state index contributed by atoms with van der Waals surface area (Å²) >= 11 is 0. The highest BCUT2D eigenvalue weighted by Gasteiger charge is 2.42. The maximum atomic E-state index is 13.4. The van der Waals surface area contributed by atoms with Crippen LogP contribution >= 0.6 is 0 Å². The lowest BCUT2D eigenvalue weighted by atomic mass is 9.72. The lowest BCUT2D eigenvalue weighted by molar-refractivity contribution is -0.177. The highest BCUT2D eigenvalue weighted by Crippen LogP contribution is 2.36. The van der Waals surface area contributed by atoms with Gasteiger partial charge in [-0.3, -0.25) is 9.59 Å². The lowest BCUT2D eigenvalue weighted by Crippen LogP contribution is -2.54. The molecule has 2 atom stereocenters. The zero-order chi connectivity index (χ0) is 22.4. The molecule has 0 radical (unpaired) electrons. The summed E-state index contributed by atoms with van der Waals surface area (Å²) in [6.45, 7) is 6.14. The Kier molecular flexibility index (Phi) is 7.02. The number of carbonyl (C=O) groups excluding carboxylic acids is 2. The molecule has 0 unspecified atom stereocenters. The molecule has 1 N–H and O–H groups in total. The fraction of sp³-hybridized carbons (Fsp3) is 0.385. The molecular formula is C26H30N2O4. The third-order valence-electron chi connectivity index (χ3n) is 6.53. The van der Waals surface area contributed by atoms with Gasteiger partial charge in [-0.1, -0.05) is 67.2 Å². The van der Waals surface area contributed by atoms with E-state index < -0.39 is 12.2 Å². The van der Waals surface area contributed by atoms with Gasteiger partial charge in [0.25, 0.3) is 5.91 Å². The molecule has 6 nitrogen and oxygen atoms in total. The Labute approximate surface area is 189 Å². The molecule has 0 bridgehead atoms. The van der Waals surface area contributed by atoms with Crippen molar-refractivity contribution in [3.63, 3.8) is 0 Å². The first-order valence-electron chi connectivity index (χ1n) is 11.2. The van der Waals surface area contributed by atoms with Crippen molar-refractivity contribution in [2.45, 2.75) is 30.5 Å². The zero-order valence-corrected chi connectivity index (χ0v) is 18.2. The number of amides is 2. The van der Waals surface area contributed by atoms with E-state index in [1.807, 2.05) is 53.4 Å². The van der Waals surface area contributed by atoms with Crippen molar-refractivity contribution in [2.24, 2.45) is 0 Å². The molecule has 2 aromatic carbocycles. The van der Waals surface area contributed by atoms with Gasteiger partial charge in [0.15, 0.2) is 6.10 Å². The van der Waals surface area contributed by atoms with Gasteiger partial charge in [-0.2, -0.15) is 0 Å². The maximum absolute atomic E-state index is 13.4. The van der Waals surface area contributed by atoms with Gasteiger partial charge >= 0.3 is 0 Å². The number of piperidine rings is 1. The van der Waals surface area contributed by atoms with Crippen molar-refractivity contribution in [3.05, 3.63) is 84.4 Å². The molecule has 2 amide bonds. The fourth-order valence-electron chi connectivity index (χ4n) is 4.66. The second kappa shape index (κ2) is 10.1. The van der Waals surface area contributed by atoms with Crippen LogP contribution in [0.5, 0.6) is 0 Å². The van der Waals surface area contributed by atoms with Crippen molar-refractivity contribution in [3.8, 4) is 0 Å². The number of ether oxygens (including phenoxy) is 2. The number of nitrogens with zero attached hydrogens (tertiary/aromatic N) is 1. The van der Waals surface area contributed by atoms with Crippen LogP contribution in [0.2, 0.25) is 0 Å². The number of nitrogens with one attached hydrogen (secondary N) is 1. The van der Waals surface area contributed by atoms with E-state index >= 15 is 0 Å². The molecule has 168 valence electrons.